The summed E-state index contributed by atoms with van der Waals surface area (Å²) in [7, 11) is 0. The van der Waals surface area contributed by atoms with E-state index in [0.717, 1.165) is 29.2 Å². The second-order valence-electron chi connectivity index (χ2n) is 5.86. The van der Waals surface area contributed by atoms with Crippen LogP contribution in [-0.2, 0) is 13.2 Å². The van der Waals surface area contributed by atoms with E-state index in [1.54, 1.807) is 6.07 Å². The van der Waals surface area contributed by atoms with Gasteiger partial charge in [-0.25, -0.2) is 0 Å². The van der Waals surface area contributed by atoms with Crippen LogP contribution in [0.15, 0.2) is 36.4 Å². The summed E-state index contributed by atoms with van der Waals surface area (Å²) in [6, 6.07) is 12.1. The van der Waals surface area contributed by atoms with Crippen molar-refractivity contribution in [1.82, 2.24) is 5.32 Å². The van der Waals surface area contributed by atoms with E-state index >= 15 is 0 Å². The molecule has 0 saturated heterocycles. The van der Waals surface area contributed by atoms with Gasteiger partial charge in [0.05, 0.1) is 6.61 Å². The number of ether oxygens (including phenoxy) is 2. The van der Waals surface area contributed by atoms with Crippen LogP contribution in [0.25, 0.3) is 0 Å². The zero-order valence-corrected chi connectivity index (χ0v) is 15.2. The van der Waals surface area contributed by atoms with E-state index in [1.165, 1.54) is 12.8 Å². The lowest BCUT2D eigenvalue weighted by Gasteiger charge is -2.17. The first-order valence-electron chi connectivity index (χ1n) is 8.22. The average Bonchev–Trinajstić information content (AvgIpc) is 3.38. The van der Waals surface area contributed by atoms with Crippen molar-refractivity contribution < 1.29 is 9.47 Å². The fourth-order valence-electron chi connectivity index (χ4n) is 2.46. The van der Waals surface area contributed by atoms with Gasteiger partial charge in [-0.1, -0.05) is 41.4 Å². The van der Waals surface area contributed by atoms with Crippen molar-refractivity contribution in [3.63, 3.8) is 0 Å². The summed E-state index contributed by atoms with van der Waals surface area (Å²) in [4.78, 5) is 0. The molecule has 0 aromatic heterocycles. The molecule has 2 aromatic rings. The van der Waals surface area contributed by atoms with Crippen LogP contribution in [0.3, 0.4) is 0 Å². The van der Waals surface area contributed by atoms with E-state index in [9.17, 15) is 0 Å². The lowest BCUT2D eigenvalue weighted by atomic mass is 10.1. The SMILES string of the molecule is CCOc1cccc(CNC2CC2)c1OCc1ccc(Cl)cc1Cl. The highest BCUT2D eigenvalue weighted by atomic mass is 35.5. The van der Waals surface area contributed by atoms with E-state index < -0.39 is 0 Å². The Bertz CT molecular complexity index is 702. The molecule has 0 amide bonds. The Morgan fingerprint density at radius 2 is 1.92 bits per heavy atom. The Hall–Kier alpha value is -1.42. The van der Waals surface area contributed by atoms with Crippen molar-refractivity contribution in [2.45, 2.75) is 39.0 Å². The molecule has 1 aliphatic carbocycles. The molecular weight excluding hydrogens is 345 g/mol. The van der Waals surface area contributed by atoms with Crippen LogP contribution in [-0.4, -0.2) is 12.6 Å². The zero-order valence-electron chi connectivity index (χ0n) is 13.6. The molecule has 0 unspecified atom stereocenters. The number of benzene rings is 2. The second-order valence-corrected chi connectivity index (χ2v) is 6.70. The van der Waals surface area contributed by atoms with Crippen molar-refractivity contribution >= 4 is 23.2 Å². The smallest absolute Gasteiger partial charge is 0.166 e. The first-order chi connectivity index (χ1) is 11.7. The van der Waals surface area contributed by atoms with Gasteiger partial charge in [0.15, 0.2) is 11.5 Å². The molecule has 0 heterocycles. The molecule has 0 radical (unpaired) electrons. The molecular formula is C19H21Cl2NO2. The first-order valence-corrected chi connectivity index (χ1v) is 8.97. The van der Waals surface area contributed by atoms with Gasteiger partial charge in [-0.2, -0.15) is 0 Å². The molecule has 0 spiro atoms. The molecule has 1 saturated carbocycles. The normalized spacial score (nSPS) is 13.8. The molecule has 5 heteroatoms. The molecule has 0 aliphatic heterocycles. The molecule has 2 aromatic carbocycles. The molecule has 3 nitrogen and oxygen atoms in total. The average molecular weight is 366 g/mol. The third-order valence-electron chi connectivity index (χ3n) is 3.91. The first kappa shape index (κ1) is 17.4. The van der Waals surface area contributed by atoms with Gasteiger partial charge in [0.1, 0.15) is 6.61 Å². The van der Waals surface area contributed by atoms with E-state index in [0.29, 0.717) is 29.3 Å². The number of halogens is 2. The quantitative estimate of drug-likeness (QED) is 0.695. The number of para-hydroxylation sites is 1. The van der Waals surface area contributed by atoms with Gasteiger partial charge < -0.3 is 14.8 Å². The Labute approximate surface area is 152 Å². The van der Waals surface area contributed by atoms with Gasteiger partial charge in [0.25, 0.3) is 0 Å². The van der Waals surface area contributed by atoms with Crippen LogP contribution in [0.5, 0.6) is 11.5 Å². The zero-order chi connectivity index (χ0) is 16.9. The van der Waals surface area contributed by atoms with Crippen molar-refractivity contribution in [3.05, 3.63) is 57.6 Å². The summed E-state index contributed by atoms with van der Waals surface area (Å²) in [6.07, 6.45) is 2.50. The van der Waals surface area contributed by atoms with Crippen molar-refractivity contribution in [2.75, 3.05) is 6.61 Å². The maximum Gasteiger partial charge on any atom is 0.166 e. The Morgan fingerprint density at radius 1 is 1.08 bits per heavy atom. The standard InChI is InChI=1S/C19H21Cl2NO2/c1-2-23-18-5-3-4-13(11-22-16-8-9-16)19(18)24-12-14-6-7-15(20)10-17(14)21/h3-7,10,16,22H,2,8-9,11-12H2,1H3. The number of hydrogen-bond acceptors (Lipinski definition) is 3. The summed E-state index contributed by atoms with van der Waals surface area (Å²) < 4.78 is 11.8. The highest BCUT2D eigenvalue weighted by Crippen LogP contribution is 2.33. The Balaban J connectivity index is 1.77. The molecule has 1 N–H and O–H groups in total. The molecule has 1 aliphatic rings. The van der Waals surface area contributed by atoms with Crippen LogP contribution in [0.1, 0.15) is 30.9 Å². The monoisotopic (exact) mass is 365 g/mol. The highest BCUT2D eigenvalue weighted by Gasteiger charge is 2.21. The number of rotatable bonds is 8. The van der Waals surface area contributed by atoms with Gasteiger partial charge in [-0.15, -0.1) is 0 Å². The summed E-state index contributed by atoms with van der Waals surface area (Å²) in [6.45, 7) is 3.71. The van der Waals surface area contributed by atoms with E-state index in [1.807, 2.05) is 31.2 Å². The summed E-state index contributed by atoms with van der Waals surface area (Å²) >= 11 is 12.2. The fraction of sp³-hybridized carbons (Fsp3) is 0.368. The minimum absolute atomic E-state index is 0.372. The van der Waals surface area contributed by atoms with Crippen LogP contribution >= 0.6 is 23.2 Å². The topological polar surface area (TPSA) is 30.5 Å². The second kappa shape index (κ2) is 8.11. The third kappa shape index (κ3) is 4.56. The van der Waals surface area contributed by atoms with Gasteiger partial charge in [0.2, 0.25) is 0 Å². The number of nitrogens with one attached hydrogen (secondary N) is 1. The maximum atomic E-state index is 6.24. The highest BCUT2D eigenvalue weighted by molar-refractivity contribution is 6.35. The fourth-order valence-corrected chi connectivity index (χ4v) is 2.93. The predicted octanol–water partition coefficient (Wildman–Crippen LogP) is 5.22. The van der Waals surface area contributed by atoms with Gasteiger partial charge in [-0.3, -0.25) is 0 Å². The molecule has 3 rings (SSSR count). The van der Waals surface area contributed by atoms with Crippen LogP contribution in [0.2, 0.25) is 10.0 Å². The minimum Gasteiger partial charge on any atom is -0.490 e. The van der Waals surface area contributed by atoms with E-state index in [-0.39, 0.29) is 0 Å². The van der Waals surface area contributed by atoms with Crippen molar-refractivity contribution in [3.8, 4) is 11.5 Å². The third-order valence-corrected chi connectivity index (χ3v) is 4.49. The van der Waals surface area contributed by atoms with Crippen molar-refractivity contribution in [1.29, 1.82) is 0 Å². The number of hydrogen-bond donors (Lipinski definition) is 1. The van der Waals surface area contributed by atoms with Crippen LogP contribution < -0.4 is 14.8 Å². The minimum atomic E-state index is 0.372. The van der Waals surface area contributed by atoms with Crippen molar-refractivity contribution in [2.24, 2.45) is 0 Å². The predicted molar refractivity (Wildman–Crippen MR) is 98.3 cm³/mol. The lowest BCUT2D eigenvalue weighted by molar-refractivity contribution is 0.266. The summed E-state index contributed by atoms with van der Waals surface area (Å²) in [5.41, 5.74) is 1.99. The maximum absolute atomic E-state index is 6.24. The van der Waals surface area contributed by atoms with E-state index in [4.69, 9.17) is 32.7 Å². The molecule has 1 fully saturated rings. The van der Waals surface area contributed by atoms with Gasteiger partial charge in [-0.05, 0) is 38.0 Å². The Morgan fingerprint density at radius 3 is 2.62 bits per heavy atom. The van der Waals surface area contributed by atoms with E-state index in [2.05, 4.69) is 11.4 Å². The van der Waals surface area contributed by atoms with Crippen LogP contribution in [0, 0.1) is 0 Å². The van der Waals surface area contributed by atoms with Gasteiger partial charge in [0, 0.05) is 33.8 Å². The lowest BCUT2D eigenvalue weighted by Crippen LogP contribution is -2.16. The molecule has 128 valence electrons. The van der Waals surface area contributed by atoms with Crippen LogP contribution in [0.4, 0.5) is 0 Å². The summed E-state index contributed by atoms with van der Waals surface area (Å²) in [5, 5.41) is 4.74. The molecule has 0 bridgehead atoms. The Kier molecular flexibility index (Phi) is 5.88. The van der Waals surface area contributed by atoms with Gasteiger partial charge >= 0.3 is 0 Å². The summed E-state index contributed by atoms with van der Waals surface area (Å²) in [5.74, 6) is 1.54. The molecule has 0 atom stereocenters. The molecule has 24 heavy (non-hydrogen) atoms. The largest absolute Gasteiger partial charge is 0.490 e.